The first kappa shape index (κ1) is 12.6. The van der Waals surface area contributed by atoms with E-state index in [2.05, 4.69) is 11.9 Å². The monoisotopic (exact) mass is 247 g/mol. The van der Waals surface area contributed by atoms with Gasteiger partial charge >= 0.3 is 0 Å². The van der Waals surface area contributed by atoms with Crippen LogP contribution in [0.4, 0.5) is 10.3 Å². The van der Waals surface area contributed by atoms with Gasteiger partial charge in [0.2, 0.25) is 5.95 Å². The molecule has 2 rings (SSSR count). The molecule has 0 saturated heterocycles. The van der Waals surface area contributed by atoms with Crippen molar-refractivity contribution >= 4 is 5.95 Å². The number of hydrogen-bond donors (Lipinski definition) is 1. The molecule has 0 spiro atoms. The fourth-order valence-corrected chi connectivity index (χ4v) is 1.94. The zero-order valence-electron chi connectivity index (χ0n) is 10.6. The van der Waals surface area contributed by atoms with Crippen molar-refractivity contribution in [2.75, 3.05) is 5.73 Å². The number of halogens is 1. The summed E-state index contributed by atoms with van der Waals surface area (Å²) in [7, 11) is 0. The van der Waals surface area contributed by atoms with Gasteiger partial charge in [0.15, 0.2) is 0 Å². The number of nitrogens with zero attached hydrogens (tertiary/aromatic N) is 2. The van der Waals surface area contributed by atoms with Gasteiger partial charge in [0.1, 0.15) is 5.82 Å². The maximum absolute atomic E-state index is 13.6. The summed E-state index contributed by atoms with van der Waals surface area (Å²) in [6.07, 6.45) is 5.21. The van der Waals surface area contributed by atoms with Gasteiger partial charge < -0.3 is 10.3 Å². The maximum atomic E-state index is 13.6. The van der Waals surface area contributed by atoms with Gasteiger partial charge in [-0.15, -0.1) is 0 Å². The minimum Gasteiger partial charge on any atom is -0.369 e. The lowest BCUT2D eigenvalue weighted by Gasteiger charge is -2.02. The van der Waals surface area contributed by atoms with E-state index in [0.29, 0.717) is 17.2 Å². The average molecular weight is 247 g/mol. The van der Waals surface area contributed by atoms with Gasteiger partial charge in [-0.05, 0) is 18.6 Å². The van der Waals surface area contributed by atoms with Crippen molar-refractivity contribution in [2.45, 2.75) is 32.7 Å². The van der Waals surface area contributed by atoms with Crippen LogP contribution in [0.1, 0.15) is 26.2 Å². The lowest BCUT2D eigenvalue weighted by Crippen LogP contribution is -2.02. The van der Waals surface area contributed by atoms with Gasteiger partial charge in [-0.3, -0.25) is 0 Å². The highest BCUT2D eigenvalue weighted by Gasteiger charge is 2.10. The standard InChI is InChI=1S/C14H18FN3/c1-2-3-6-9-18-10-13(17-14(18)16)11-7-4-5-8-12(11)15/h4-5,7-8,10H,2-3,6,9H2,1H3,(H2,16,17). The fraction of sp³-hybridized carbons (Fsp3) is 0.357. The van der Waals surface area contributed by atoms with Crippen LogP contribution in [0.3, 0.4) is 0 Å². The summed E-state index contributed by atoms with van der Waals surface area (Å²) >= 11 is 0. The Morgan fingerprint density at radius 2 is 2.06 bits per heavy atom. The molecular weight excluding hydrogens is 229 g/mol. The molecule has 0 radical (unpaired) electrons. The first-order chi connectivity index (χ1) is 8.72. The van der Waals surface area contributed by atoms with Gasteiger partial charge in [-0.2, -0.15) is 0 Å². The van der Waals surface area contributed by atoms with Crippen LogP contribution in [-0.4, -0.2) is 9.55 Å². The van der Waals surface area contributed by atoms with E-state index in [1.54, 1.807) is 18.2 Å². The lowest BCUT2D eigenvalue weighted by atomic mass is 10.1. The quantitative estimate of drug-likeness (QED) is 0.822. The minimum absolute atomic E-state index is 0.268. The van der Waals surface area contributed by atoms with E-state index in [1.807, 2.05) is 10.8 Å². The normalized spacial score (nSPS) is 10.8. The third-order valence-electron chi connectivity index (χ3n) is 2.96. The van der Waals surface area contributed by atoms with Gasteiger partial charge in [-0.1, -0.05) is 31.9 Å². The van der Waals surface area contributed by atoms with Crippen molar-refractivity contribution < 1.29 is 4.39 Å². The topological polar surface area (TPSA) is 43.8 Å². The van der Waals surface area contributed by atoms with Crippen LogP contribution in [0.15, 0.2) is 30.5 Å². The molecule has 1 aromatic heterocycles. The molecule has 2 N–H and O–H groups in total. The Bertz CT molecular complexity index is 520. The average Bonchev–Trinajstić information content (AvgIpc) is 2.72. The SMILES string of the molecule is CCCCCn1cc(-c2ccccc2F)nc1N. The largest absolute Gasteiger partial charge is 0.369 e. The molecule has 96 valence electrons. The highest BCUT2D eigenvalue weighted by Crippen LogP contribution is 2.22. The van der Waals surface area contributed by atoms with E-state index < -0.39 is 0 Å². The third kappa shape index (κ3) is 2.70. The molecule has 0 bridgehead atoms. The Morgan fingerprint density at radius 1 is 1.28 bits per heavy atom. The molecule has 2 aromatic rings. The molecule has 0 aliphatic carbocycles. The first-order valence-electron chi connectivity index (χ1n) is 6.30. The summed E-state index contributed by atoms with van der Waals surface area (Å²) < 4.78 is 15.5. The van der Waals surface area contributed by atoms with Crippen LogP contribution in [0, 0.1) is 5.82 Å². The molecule has 1 heterocycles. The van der Waals surface area contributed by atoms with Crippen LogP contribution >= 0.6 is 0 Å². The molecule has 0 unspecified atom stereocenters. The molecule has 4 heteroatoms. The van der Waals surface area contributed by atoms with E-state index in [0.717, 1.165) is 25.8 Å². The molecular formula is C14H18FN3. The van der Waals surface area contributed by atoms with Crippen molar-refractivity contribution in [2.24, 2.45) is 0 Å². The van der Waals surface area contributed by atoms with Crippen LogP contribution < -0.4 is 5.73 Å². The molecule has 0 amide bonds. The van der Waals surface area contributed by atoms with Crippen LogP contribution in [0.25, 0.3) is 11.3 Å². The molecule has 3 nitrogen and oxygen atoms in total. The van der Waals surface area contributed by atoms with Gasteiger partial charge in [0.25, 0.3) is 0 Å². The number of rotatable bonds is 5. The van der Waals surface area contributed by atoms with Crippen molar-refractivity contribution in [3.8, 4) is 11.3 Å². The zero-order chi connectivity index (χ0) is 13.0. The molecule has 18 heavy (non-hydrogen) atoms. The first-order valence-corrected chi connectivity index (χ1v) is 6.30. The van der Waals surface area contributed by atoms with Gasteiger partial charge in [0, 0.05) is 18.3 Å². The number of aromatic nitrogens is 2. The summed E-state index contributed by atoms with van der Waals surface area (Å²) in [6.45, 7) is 2.99. The van der Waals surface area contributed by atoms with Gasteiger partial charge in [0.05, 0.1) is 5.69 Å². The second-order valence-corrected chi connectivity index (χ2v) is 4.36. The molecule has 0 atom stereocenters. The predicted molar refractivity (Wildman–Crippen MR) is 71.6 cm³/mol. The third-order valence-corrected chi connectivity index (χ3v) is 2.96. The summed E-state index contributed by atoms with van der Waals surface area (Å²) in [6, 6.07) is 6.61. The predicted octanol–water partition coefficient (Wildman–Crippen LogP) is 3.46. The minimum atomic E-state index is -0.268. The number of aryl methyl sites for hydroxylation is 1. The number of anilines is 1. The van der Waals surface area contributed by atoms with Crippen LogP contribution in [0.5, 0.6) is 0 Å². The van der Waals surface area contributed by atoms with E-state index in [1.165, 1.54) is 6.07 Å². The Labute approximate surface area is 106 Å². The zero-order valence-corrected chi connectivity index (χ0v) is 10.6. The summed E-state index contributed by atoms with van der Waals surface area (Å²) in [5.74, 6) is 0.181. The Kier molecular flexibility index (Phi) is 3.97. The molecule has 0 fully saturated rings. The van der Waals surface area contributed by atoms with Gasteiger partial charge in [-0.25, -0.2) is 9.37 Å². The Morgan fingerprint density at radius 3 is 2.78 bits per heavy atom. The molecule has 0 aliphatic heterocycles. The number of imidazole rings is 1. The van der Waals surface area contributed by atoms with Crippen LogP contribution in [0.2, 0.25) is 0 Å². The lowest BCUT2D eigenvalue weighted by molar-refractivity contribution is 0.607. The van der Waals surface area contributed by atoms with E-state index in [9.17, 15) is 4.39 Å². The second-order valence-electron chi connectivity index (χ2n) is 4.36. The van der Waals surface area contributed by atoms with Crippen molar-refractivity contribution in [1.82, 2.24) is 9.55 Å². The highest BCUT2D eigenvalue weighted by molar-refractivity contribution is 5.60. The van der Waals surface area contributed by atoms with E-state index in [4.69, 9.17) is 5.73 Å². The number of nitrogens with two attached hydrogens (primary N) is 1. The number of nitrogen functional groups attached to an aromatic ring is 1. The highest BCUT2D eigenvalue weighted by atomic mass is 19.1. The summed E-state index contributed by atoms with van der Waals surface area (Å²) in [5, 5.41) is 0. The second kappa shape index (κ2) is 5.67. The van der Waals surface area contributed by atoms with Crippen LogP contribution in [-0.2, 0) is 6.54 Å². The molecule has 1 aromatic carbocycles. The number of hydrogen-bond acceptors (Lipinski definition) is 2. The maximum Gasteiger partial charge on any atom is 0.200 e. The van der Waals surface area contributed by atoms with Crippen molar-refractivity contribution in [3.63, 3.8) is 0 Å². The van der Waals surface area contributed by atoms with Crippen molar-refractivity contribution in [1.29, 1.82) is 0 Å². The fourth-order valence-electron chi connectivity index (χ4n) is 1.94. The molecule has 0 aliphatic rings. The number of benzene rings is 1. The van der Waals surface area contributed by atoms with E-state index in [-0.39, 0.29) is 5.82 Å². The molecule has 0 saturated carbocycles. The van der Waals surface area contributed by atoms with Crippen molar-refractivity contribution in [3.05, 3.63) is 36.3 Å². The Balaban J connectivity index is 2.21. The smallest absolute Gasteiger partial charge is 0.200 e. The summed E-state index contributed by atoms with van der Waals surface area (Å²) in [4.78, 5) is 4.22. The summed E-state index contributed by atoms with van der Waals surface area (Å²) in [5.41, 5.74) is 6.94. The Hall–Kier alpha value is -1.84. The van der Waals surface area contributed by atoms with E-state index >= 15 is 0 Å². The number of unbranched alkanes of at least 4 members (excludes halogenated alkanes) is 2.